The van der Waals surface area contributed by atoms with Crippen molar-refractivity contribution in [2.75, 3.05) is 0 Å². The van der Waals surface area contributed by atoms with Crippen LogP contribution < -0.4 is 0 Å². The number of aliphatic carboxylic acids is 1. The third-order valence-corrected chi connectivity index (χ3v) is 2.43. The summed E-state index contributed by atoms with van der Waals surface area (Å²) >= 11 is 0. The molecular formula is C11H12F3NO2. The maximum absolute atomic E-state index is 12.3. The van der Waals surface area contributed by atoms with Crippen molar-refractivity contribution in [1.29, 1.82) is 0 Å². The van der Waals surface area contributed by atoms with Gasteiger partial charge in [0.15, 0.2) is 0 Å². The average molecular weight is 247 g/mol. The van der Waals surface area contributed by atoms with Crippen LogP contribution in [0.2, 0.25) is 0 Å². The van der Waals surface area contributed by atoms with Crippen molar-refractivity contribution < 1.29 is 23.1 Å². The first-order valence-corrected chi connectivity index (χ1v) is 4.88. The monoisotopic (exact) mass is 247 g/mol. The van der Waals surface area contributed by atoms with Gasteiger partial charge in [-0.1, -0.05) is 19.9 Å². The maximum Gasteiger partial charge on any atom is 0.433 e. The number of carbonyl (C=O) groups is 1. The number of hydrogen-bond donors (Lipinski definition) is 1. The second-order valence-corrected chi connectivity index (χ2v) is 4.38. The molecule has 0 aromatic carbocycles. The van der Waals surface area contributed by atoms with Gasteiger partial charge < -0.3 is 5.11 Å². The molecule has 1 aromatic rings. The number of hydrogen-bond acceptors (Lipinski definition) is 2. The summed E-state index contributed by atoms with van der Waals surface area (Å²) in [6, 6.07) is 2.12. The highest BCUT2D eigenvalue weighted by atomic mass is 19.4. The maximum atomic E-state index is 12.3. The zero-order valence-electron chi connectivity index (χ0n) is 9.38. The van der Waals surface area contributed by atoms with Crippen LogP contribution in [0.4, 0.5) is 13.2 Å². The van der Waals surface area contributed by atoms with Crippen LogP contribution in [-0.4, -0.2) is 16.1 Å². The van der Waals surface area contributed by atoms with Crippen LogP contribution in [0.5, 0.6) is 0 Å². The minimum atomic E-state index is -4.48. The van der Waals surface area contributed by atoms with Gasteiger partial charge in [-0.25, -0.2) is 0 Å². The summed E-state index contributed by atoms with van der Waals surface area (Å²) in [5.74, 6) is -1.00. The summed E-state index contributed by atoms with van der Waals surface area (Å²) in [5, 5.41) is 8.69. The molecule has 0 aliphatic rings. The molecule has 0 saturated heterocycles. The van der Waals surface area contributed by atoms with Crippen molar-refractivity contribution in [3.05, 3.63) is 29.6 Å². The lowest BCUT2D eigenvalue weighted by molar-refractivity contribution is -0.141. The van der Waals surface area contributed by atoms with Crippen molar-refractivity contribution in [1.82, 2.24) is 4.98 Å². The Kier molecular flexibility index (Phi) is 3.45. The second-order valence-electron chi connectivity index (χ2n) is 4.38. The molecule has 0 atom stereocenters. The Morgan fingerprint density at radius 3 is 2.29 bits per heavy atom. The summed E-state index contributed by atoms with van der Waals surface area (Å²) in [7, 11) is 0. The second kappa shape index (κ2) is 4.35. The molecule has 0 aliphatic carbocycles. The molecule has 0 spiro atoms. The van der Waals surface area contributed by atoms with E-state index in [1.807, 2.05) is 0 Å². The first-order chi connectivity index (χ1) is 7.63. The van der Waals surface area contributed by atoms with Crippen molar-refractivity contribution in [2.45, 2.75) is 31.9 Å². The molecule has 1 N–H and O–H groups in total. The highest BCUT2D eigenvalue weighted by Gasteiger charge is 2.33. The number of alkyl halides is 3. The minimum Gasteiger partial charge on any atom is -0.481 e. The van der Waals surface area contributed by atoms with E-state index in [4.69, 9.17) is 5.11 Å². The van der Waals surface area contributed by atoms with Crippen LogP contribution in [0.15, 0.2) is 18.3 Å². The normalized spacial score (nSPS) is 12.5. The molecule has 1 aromatic heterocycles. The molecule has 1 rings (SSSR count). The van der Waals surface area contributed by atoms with E-state index in [1.54, 1.807) is 13.8 Å². The lowest BCUT2D eigenvalue weighted by atomic mass is 9.82. The molecule has 0 unspecified atom stereocenters. The highest BCUT2D eigenvalue weighted by molar-refractivity contribution is 5.68. The van der Waals surface area contributed by atoms with Crippen LogP contribution in [0, 0.1) is 0 Å². The standard InChI is InChI=1S/C11H12F3NO2/c1-10(2,5-9(16)17)7-3-4-8(15-6-7)11(12,13)14/h3-4,6H,5H2,1-2H3,(H,16,17). The van der Waals surface area contributed by atoms with E-state index in [9.17, 15) is 18.0 Å². The van der Waals surface area contributed by atoms with Gasteiger partial charge in [0.25, 0.3) is 0 Å². The van der Waals surface area contributed by atoms with Crippen LogP contribution in [0.25, 0.3) is 0 Å². The number of halogens is 3. The van der Waals surface area contributed by atoms with Gasteiger partial charge in [-0.15, -0.1) is 0 Å². The third-order valence-electron chi connectivity index (χ3n) is 2.43. The summed E-state index contributed by atoms with van der Waals surface area (Å²) in [6.45, 7) is 3.29. The van der Waals surface area contributed by atoms with E-state index in [2.05, 4.69) is 4.98 Å². The molecule has 0 radical (unpaired) electrons. The van der Waals surface area contributed by atoms with E-state index in [0.717, 1.165) is 12.3 Å². The molecular weight excluding hydrogens is 235 g/mol. The molecule has 0 aliphatic heterocycles. The van der Waals surface area contributed by atoms with Gasteiger partial charge in [0.2, 0.25) is 0 Å². The van der Waals surface area contributed by atoms with Crippen LogP contribution in [0.3, 0.4) is 0 Å². The largest absolute Gasteiger partial charge is 0.481 e. The average Bonchev–Trinajstić information content (AvgIpc) is 2.14. The molecule has 17 heavy (non-hydrogen) atoms. The Balaban J connectivity index is 2.98. The molecule has 0 fully saturated rings. The van der Waals surface area contributed by atoms with Gasteiger partial charge in [-0.05, 0) is 11.6 Å². The van der Waals surface area contributed by atoms with E-state index < -0.39 is 23.3 Å². The number of aromatic nitrogens is 1. The Hall–Kier alpha value is -1.59. The molecule has 0 amide bonds. The number of rotatable bonds is 3. The molecule has 6 heteroatoms. The predicted octanol–water partition coefficient (Wildman–Crippen LogP) is 2.85. The zero-order chi connectivity index (χ0) is 13.3. The van der Waals surface area contributed by atoms with Crippen LogP contribution in [-0.2, 0) is 16.4 Å². The van der Waals surface area contributed by atoms with Crippen LogP contribution in [0.1, 0.15) is 31.5 Å². The van der Waals surface area contributed by atoms with Gasteiger partial charge >= 0.3 is 12.1 Å². The highest BCUT2D eigenvalue weighted by Crippen LogP contribution is 2.30. The fourth-order valence-corrected chi connectivity index (χ4v) is 1.44. The number of pyridine rings is 1. The Bertz CT molecular complexity index is 410. The van der Waals surface area contributed by atoms with Gasteiger partial charge in [0, 0.05) is 11.6 Å². The third kappa shape index (κ3) is 3.44. The Morgan fingerprint density at radius 1 is 1.35 bits per heavy atom. The number of carboxylic acids is 1. The van der Waals surface area contributed by atoms with Gasteiger partial charge in [0.1, 0.15) is 5.69 Å². The first kappa shape index (κ1) is 13.5. The molecule has 0 bridgehead atoms. The van der Waals surface area contributed by atoms with Crippen LogP contribution >= 0.6 is 0 Å². The summed E-state index contributed by atoms with van der Waals surface area (Å²) in [4.78, 5) is 13.9. The fourth-order valence-electron chi connectivity index (χ4n) is 1.44. The van der Waals surface area contributed by atoms with E-state index in [0.29, 0.717) is 5.56 Å². The minimum absolute atomic E-state index is 0.167. The smallest absolute Gasteiger partial charge is 0.433 e. The van der Waals surface area contributed by atoms with Gasteiger partial charge in [-0.3, -0.25) is 9.78 Å². The zero-order valence-corrected chi connectivity index (χ0v) is 9.38. The lowest BCUT2D eigenvalue weighted by Crippen LogP contribution is -2.22. The van der Waals surface area contributed by atoms with E-state index in [-0.39, 0.29) is 6.42 Å². The summed E-state index contributed by atoms with van der Waals surface area (Å²) in [6.07, 6.45) is -3.57. The molecule has 0 saturated carbocycles. The summed E-state index contributed by atoms with van der Waals surface area (Å²) < 4.78 is 36.8. The topological polar surface area (TPSA) is 50.2 Å². The predicted molar refractivity (Wildman–Crippen MR) is 54.5 cm³/mol. The van der Waals surface area contributed by atoms with Crippen molar-refractivity contribution in [2.24, 2.45) is 0 Å². The number of nitrogens with zero attached hydrogens (tertiary/aromatic N) is 1. The number of carboxylic acid groups (broad SMARTS) is 1. The van der Waals surface area contributed by atoms with E-state index in [1.165, 1.54) is 6.07 Å². The van der Waals surface area contributed by atoms with Gasteiger partial charge in [-0.2, -0.15) is 13.2 Å². The SMILES string of the molecule is CC(C)(CC(=O)O)c1ccc(C(F)(F)F)nc1. The first-order valence-electron chi connectivity index (χ1n) is 4.88. The molecule has 1 heterocycles. The molecule has 3 nitrogen and oxygen atoms in total. The van der Waals surface area contributed by atoms with Crippen molar-refractivity contribution in [3.63, 3.8) is 0 Å². The molecule has 94 valence electrons. The summed E-state index contributed by atoms with van der Waals surface area (Å²) in [5.41, 5.74) is -1.26. The Morgan fingerprint density at radius 2 is 1.94 bits per heavy atom. The lowest BCUT2D eigenvalue weighted by Gasteiger charge is -2.22. The van der Waals surface area contributed by atoms with Gasteiger partial charge in [0.05, 0.1) is 6.42 Å². The van der Waals surface area contributed by atoms with E-state index >= 15 is 0 Å². The Labute approximate surface area is 96.3 Å². The quantitative estimate of drug-likeness (QED) is 0.893. The van der Waals surface area contributed by atoms with Crippen molar-refractivity contribution in [3.8, 4) is 0 Å². The fraction of sp³-hybridized carbons (Fsp3) is 0.455. The van der Waals surface area contributed by atoms with Crippen molar-refractivity contribution >= 4 is 5.97 Å².